The van der Waals surface area contributed by atoms with Gasteiger partial charge in [-0.1, -0.05) is 6.92 Å². The molecule has 0 bridgehead atoms. The Labute approximate surface area is 126 Å². The predicted molar refractivity (Wildman–Crippen MR) is 83.7 cm³/mol. The first kappa shape index (κ1) is 16.2. The highest BCUT2D eigenvalue weighted by atomic mass is 32.2. The molecule has 0 atom stereocenters. The van der Waals surface area contributed by atoms with Crippen LogP contribution in [0.1, 0.15) is 26.2 Å². The number of hydrogen-bond donors (Lipinski definition) is 2. The van der Waals surface area contributed by atoms with Crippen LogP contribution in [0.4, 0.5) is 5.82 Å². The summed E-state index contributed by atoms with van der Waals surface area (Å²) in [6, 6.07) is 3.28. The smallest absolute Gasteiger partial charge is 0.239 e. The van der Waals surface area contributed by atoms with Crippen LogP contribution in [0.3, 0.4) is 0 Å². The maximum Gasteiger partial charge on any atom is 0.239 e. The van der Waals surface area contributed by atoms with Crippen LogP contribution < -0.4 is 15.4 Å². The fourth-order valence-corrected chi connectivity index (χ4v) is 3.13. The van der Waals surface area contributed by atoms with Gasteiger partial charge in [0.1, 0.15) is 10.7 Å². The van der Waals surface area contributed by atoms with E-state index in [0.717, 1.165) is 38.4 Å². The van der Waals surface area contributed by atoms with Gasteiger partial charge in [0.15, 0.2) is 0 Å². The lowest BCUT2D eigenvalue weighted by molar-refractivity contribution is 0.372. The second-order valence-corrected chi connectivity index (χ2v) is 7.10. The quantitative estimate of drug-likeness (QED) is 0.816. The Bertz CT molecular complexity index is 539. The number of nitrogens with zero attached hydrogens (tertiary/aromatic N) is 2. The highest BCUT2D eigenvalue weighted by molar-refractivity contribution is 7.89. The molecule has 21 heavy (non-hydrogen) atoms. The standard InChI is InChI=1S/C14H24N4O2S/c1-2-9-18(11-12-5-7-16-8-6-12)14-4-3-13(10-17-14)21(15,19)20/h3-4,10,12,16H,2,5-9,11H2,1H3,(H2,15,19,20). The largest absolute Gasteiger partial charge is 0.356 e. The number of piperidine rings is 1. The summed E-state index contributed by atoms with van der Waals surface area (Å²) < 4.78 is 22.5. The fraction of sp³-hybridized carbons (Fsp3) is 0.643. The minimum Gasteiger partial charge on any atom is -0.356 e. The van der Waals surface area contributed by atoms with Gasteiger partial charge < -0.3 is 10.2 Å². The molecule has 0 radical (unpaired) electrons. The van der Waals surface area contributed by atoms with E-state index in [1.165, 1.54) is 25.1 Å². The number of nitrogens with one attached hydrogen (secondary N) is 1. The first-order chi connectivity index (χ1) is 10.0. The van der Waals surface area contributed by atoms with Gasteiger partial charge in [-0.15, -0.1) is 0 Å². The Morgan fingerprint density at radius 2 is 2.10 bits per heavy atom. The molecule has 0 amide bonds. The number of hydrogen-bond acceptors (Lipinski definition) is 5. The first-order valence-corrected chi connectivity index (χ1v) is 9.00. The van der Waals surface area contributed by atoms with Crippen LogP contribution in [-0.2, 0) is 10.0 Å². The van der Waals surface area contributed by atoms with Crippen LogP contribution in [0, 0.1) is 5.92 Å². The summed E-state index contributed by atoms with van der Waals surface area (Å²) in [5.74, 6) is 1.49. The van der Waals surface area contributed by atoms with Crippen molar-refractivity contribution >= 4 is 15.8 Å². The van der Waals surface area contributed by atoms with Crippen molar-refractivity contribution in [2.24, 2.45) is 11.1 Å². The highest BCUT2D eigenvalue weighted by Crippen LogP contribution is 2.19. The SMILES string of the molecule is CCCN(CC1CCNCC1)c1ccc(S(N)(=O)=O)cn1. The number of rotatable bonds is 6. The molecule has 0 aliphatic carbocycles. The minimum absolute atomic E-state index is 0.0598. The Morgan fingerprint density at radius 1 is 1.38 bits per heavy atom. The molecule has 1 aromatic rings. The maximum absolute atomic E-state index is 11.3. The van der Waals surface area contributed by atoms with Gasteiger partial charge in [-0.25, -0.2) is 18.5 Å². The number of primary sulfonamides is 1. The zero-order valence-electron chi connectivity index (χ0n) is 12.5. The Balaban J connectivity index is 2.09. The van der Waals surface area contributed by atoms with E-state index in [2.05, 4.69) is 22.1 Å². The lowest BCUT2D eigenvalue weighted by atomic mass is 9.97. The number of pyridine rings is 1. The van der Waals surface area contributed by atoms with Crippen molar-refractivity contribution in [3.05, 3.63) is 18.3 Å². The predicted octanol–water partition coefficient (Wildman–Crippen LogP) is 0.945. The van der Waals surface area contributed by atoms with Crippen molar-refractivity contribution in [2.45, 2.75) is 31.1 Å². The normalized spacial score (nSPS) is 16.9. The van der Waals surface area contributed by atoms with E-state index in [1.807, 2.05) is 0 Å². The van der Waals surface area contributed by atoms with Gasteiger partial charge in [0.25, 0.3) is 0 Å². The van der Waals surface area contributed by atoms with Gasteiger partial charge in [-0.3, -0.25) is 0 Å². The van der Waals surface area contributed by atoms with Gasteiger partial charge in [-0.2, -0.15) is 0 Å². The molecule has 0 unspecified atom stereocenters. The van der Waals surface area contributed by atoms with Gasteiger partial charge in [0, 0.05) is 19.3 Å². The first-order valence-electron chi connectivity index (χ1n) is 7.45. The van der Waals surface area contributed by atoms with Gasteiger partial charge >= 0.3 is 0 Å². The maximum atomic E-state index is 11.3. The van der Waals surface area contributed by atoms with Crippen LogP contribution in [-0.4, -0.2) is 39.6 Å². The highest BCUT2D eigenvalue weighted by Gasteiger charge is 2.18. The van der Waals surface area contributed by atoms with Gasteiger partial charge in [0.2, 0.25) is 10.0 Å². The molecule has 1 aliphatic rings. The Morgan fingerprint density at radius 3 is 2.62 bits per heavy atom. The van der Waals surface area contributed by atoms with E-state index < -0.39 is 10.0 Å². The third-order valence-corrected chi connectivity index (χ3v) is 4.70. The Hall–Kier alpha value is -1.18. The second-order valence-electron chi connectivity index (χ2n) is 5.54. The van der Waals surface area contributed by atoms with Crippen molar-refractivity contribution < 1.29 is 8.42 Å². The van der Waals surface area contributed by atoms with Gasteiger partial charge in [-0.05, 0) is 50.4 Å². The van der Waals surface area contributed by atoms with E-state index in [1.54, 1.807) is 6.07 Å². The summed E-state index contributed by atoms with van der Waals surface area (Å²) in [4.78, 5) is 6.58. The third-order valence-electron chi connectivity index (χ3n) is 3.80. The molecular weight excluding hydrogens is 288 g/mol. The van der Waals surface area contributed by atoms with Crippen LogP contribution in [0.15, 0.2) is 23.2 Å². The monoisotopic (exact) mass is 312 g/mol. The van der Waals surface area contributed by atoms with Crippen molar-refractivity contribution in [3.8, 4) is 0 Å². The Kier molecular flexibility index (Phi) is 5.55. The van der Waals surface area contributed by atoms with Crippen molar-refractivity contribution in [2.75, 3.05) is 31.1 Å². The molecule has 118 valence electrons. The number of sulfonamides is 1. The van der Waals surface area contributed by atoms with Crippen LogP contribution >= 0.6 is 0 Å². The molecule has 3 N–H and O–H groups in total. The average molecular weight is 312 g/mol. The van der Waals surface area contributed by atoms with E-state index in [-0.39, 0.29) is 4.90 Å². The summed E-state index contributed by atoms with van der Waals surface area (Å²) in [7, 11) is -3.67. The molecule has 7 heteroatoms. The molecule has 1 saturated heterocycles. The molecule has 0 saturated carbocycles. The third kappa shape index (κ3) is 4.66. The van der Waals surface area contributed by atoms with E-state index in [9.17, 15) is 8.42 Å². The molecular formula is C14H24N4O2S. The van der Waals surface area contributed by atoms with E-state index in [4.69, 9.17) is 5.14 Å². The molecule has 0 aromatic carbocycles. The molecule has 1 aliphatic heterocycles. The molecule has 2 heterocycles. The second kappa shape index (κ2) is 7.20. The van der Waals surface area contributed by atoms with E-state index >= 15 is 0 Å². The lowest BCUT2D eigenvalue weighted by Crippen LogP contribution is -2.37. The van der Waals surface area contributed by atoms with Crippen molar-refractivity contribution in [1.82, 2.24) is 10.3 Å². The van der Waals surface area contributed by atoms with Crippen LogP contribution in [0.25, 0.3) is 0 Å². The molecule has 1 fully saturated rings. The summed E-state index contributed by atoms with van der Waals surface area (Å²) in [5, 5.41) is 8.47. The minimum atomic E-state index is -3.67. The van der Waals surface area contributed by atoms with Crippen LogP contribution in [0.5, 0.6) is 0 Å². The number of nitrogens with two attached hydrogens (primary N) is 1. The average Bonchev–Trinajstić information content (AvgIpc) is 2.47. The zero-order chi connectivity index (χ0) is 15.3. The molecule has 0 spiro atoms. The summed E-state index contributed by atoms with van der Waals surface area (Å²) in [6.07, 6.45) is 4.73. The number of anilines is 1. The molecule has 2 rings (SSSR count). The zero-order valence-corrected chi connectivity index (χ0v) is 13.3. The van der Waals surface area contributed by atoms with Crippen molar-refractivity contribution in [3.63, 3.8) is 0 Å². The summed E-state index contributed by atoms with van der Waals surface area (Å²) >= 11 is 0. The fourth-order valence-electron chi connectivity index (χ4n) is 2.67. The number of aromatic nitrogens is 1. The van der Waals surface area contributed by atoms with Crippen LogP contribution in [0.2, 0.25) is 0 Å². The van der Waals surface area contributed by atoms with Gasteiger partial charge in [0.05, 0.1) is 0 Å². The summed E-state index contributed by atoms with van der Waals surface area (Å²) in [6.45, 7) is 6.17. The van der Waals surface area contributed by atoms with E-state index in [0.29, 0.717) is 5.92 Å². The lowest BCUT2D eigenvalue weighted by Gasteiger charge is -2.30. The molecule has 1 aromatic heterocycles. The molecule has 6 nitrogen and oxygen atoms in total. The summed E-state index contributed by atoms with van der Waals surface area (Å²) in [5.41, 5.74) is 0. The van der Waals surface area contributed by atoms with Crippen molar-refractivity contribution in [1.29, 1.82) is 0 Å². The topological polar surface area (TPSA) is 88.3 Å².